The van der Waals surface area contributed by atoms with Crippen molar-refractivity contribution in [2.45, 2.75) is 59.8 Å². The van der Waals surface area contributed by atoms with Crippen LogP contribution in [0.4, 0.5) is 0 Å². The molecule has 0 bridgehead atoms. The molecule has 3 aliphatic carbocycles. The van der Waals surface area contributed by atoms with Crippen molar-refractivity contribution < 1.29 is 19.4 Å². The fourth-order valence-corrected chi connectivity index (χ4v) is 5.14. The molecule has 146 valence electrons. The van der Waals surface area contributed by atoms with Crippen molar-refractivity contribution >= 4 is 11.6 Å². The van der Waals surface area contributed by atoms with Gasteiger partial charge in [-0.15, -0.1) is 0 Å². The van der Waals surface area contributed by atoms with Gasteiger partial charge in [-0.1, -0.05) is 38.5 Å². The van der Waals surface area contributed by atoms with Crippen LogP contribution in [-0.4, -0.2) is 23.3 Å². The quantitative estimate of drug-likeness (QED) is 0.709. The van der Waals surface area contributed by atoms with E-state index in [9.17, 15) is 14.7 Å². The maximum absolute atomic E-state index is 12.9. The van der Waals surface area contributed by atoms with Crippen LogP contribution in [0.15, 0.2) is 46.5 Å². The van der Waals surface area contributed by atoms with Gasteiger partial charge >= 0.3 is 0 Å². The average Bonchev–Trinajstić information content (AvgIpc) is 2.61. The highest BCUT2D eigenvalue weighted by atomic mass is 16.5. The molecule has 4 nitrogen and oxygen atoms in total. The molecule has 0 saturated carbocycles. The van der Waals surface area contributed by atoms with E-state index in [4.69, 9.17) is 4.74 Å². The third-order valence-electron chi connectivity index (χ3n) is 6.71. The van der Waals surface area contributed by atoms with Crippen LogP contribution in [0, 0.1) is 17.3 Å². The lowest BCUT2D eigenvalue weighted by Crippen LogP contribution is -2.38. The molecule has 3 atom stereocenters. The summed E-state index contributed by atoms with van der Waals surface area (Å²) < 4.78 is 5.35. The largest absolute Gasteiger partial charge is 0.504 e. The molecule has 0 radical (unpaired) electrons. The van der Waals surface area contributed by atoms with Gasteiger partial charge in [0.15, 0.2) is 11.5 Å². The molecule has 0 aromatic rings. The van der Waals surface area contributed by atoms with E-state index in [-0.39, 0.29) is 22.5 Å². The molecule has 0 amide bonds. The molecule has 1 N–H and O–H groups in total. The number of aliphatic hydroxyl groups is 1. The second kappa shape index (κ2) is 7.14. The number of carbonyl (C=O) groups is 2. The minimum Gasteiger partial charge on any atom is -0.504 e. The summed E-state index contributed by atoms with van der Waals surface area (Å²) in [6, 6.07) is 0. The Balaban J connectivity index is 2.04. The van der Waals surface area contributed by atoms with Gasteiger partial charge in [-0.3, -0.25) is 9.59 Å². The number of allylic oxidation sites excluding steroid dienone is 5. The molecule has 4 heteroatoms. The zero-order valence-electron chi connectivity index (χ0n) is 16.9. The minimum atomic E-state index is -0.546. The zero-order valence-corrected chi connectivity index (χ0v) is 16.9. The molecule has 0 spiro atoms. The van der Waals surface area contributed by atoms with Crippen LogP contribution < -0.4 is 0 Å². The van der Waals surface area contributed by atoms with E-state index < -0.39 is 11.5 Å². The van der Waals surface area contributed by atoms with E-state index in [0.29, 0.717) is 24.9 Å². The number of carbonyl (C=O) groups excluding carboxylic acids is 2. The molecule has 0 aromatic carbocycles. The van der Waals surface area contributed by atoms with Crippen LogP contribution in [-0.2, 0) is 14.3 Å². The monoisotopic (exact) mass is 370 g/mol. The molecule has 3 aliphatic rings. The van der Waals surface area contributed by atoms with E-state index in [1.54, 1.807) is 6.92 Å². The van der Waals surface area contributed by atoms with Gasteiger partial charge in [0.2, 0.25) is 11.6 Å². The number of hydrogen-bond donors (Lipinski definition) is 1. The van der Waals surface area contributed by atoms with Crippen LogP contribution in [0.25, 0.3) is 0 Å². The highest BCUT2D eigenvalue weighted by Crippen LogP contribution is 2.55. The van der Waals surface area contributed by atoms with Crippen LogP contribution in [0.2, 0.25) is 0 Å². The van der Waals surface area contributed by atoms with Gasteiger partial charge in [0.25, 0.3) is 0 Å². The molecule has 0 fully saturated rings. The van der Waals surface area contributed by atoms with E-state index in [2.05, 4.69) is 27.4 Å². The van der Waals surface area contributed by atoms with E-state index in [1.807, 2.05) is 0 Å². The van der Waals surface area contributed by atoms with Crippen LogP contribution in [0.3, 0.4) is 0 Å². The smallest absolute Gasteiger partial charge is 0.227 e. The van der Waals surface area contributed by atoms with Crippen molar-refractivity contribution in [3.63, 3.8) is 0 Å². The number of hydrogen-bond acceptors (Lipinski definition) is 4. The number of rotatable bonds is 4. The standard InChI is InChI=1S/C23H30O4/c1-6-27-19-11-18(24)21(25)16(22(19)26)12-23(5)15(4)10-14(3)20-13(2)8-7-9-17(20)23/h11,14-15,25H,2,6-10,12H2,1,3-5H3/t14-,15-,23+/m1/s1. The van der Waals surface area contributed by atoms with Crippen LogP contribution in [0.1, 0.15) is 59.8 Å². The summed E-state index contributed by atoms with van der Waals surface area (Å²) in [4.78, 5) is 25.1. The second-order valence-corrected chi connectivity index (χ2v) is 8.44. The predicted molar refractivity (Wildman–Crippen MR) is 105 cm³/mol. The topological polar surface area (TPSA) is 63.6 Å². The number of aliphatic hydroxyl groups excluding tert-OH is 1. The van der Waals surface area contributed by atoms with Gasteiger partial charge in [0, 0.05) is 6.08 Å². The Kier molecular flexibility index (Phi) is 5.20. The first-order valence-electron chi connectivity index (χ1n) is 9.98. The Morgan fingerprint density at radius 3 is 2.67 bits per heavy atom. The lowest BCUT2D eigenvalue weighted by Gasteiger charge is -2.48. The van der Waals surface area contributed by atoms with Gasteiger partial charge in [-0.05, 0) is 61.9 Å². The van der Waals surface area contributed by atoms with Gasteiger partial charge in [0.05, 0.1) is 12.2 Å². The highest BCUT2D eigenvalue weighted by molar-refractivity contribution is 6.20. The third kappa shape index (κ3) is 3.19. The first kappa shape index (κ1) is 19.7. The first-order chi connectivity index (χ1) is 12.7. The van der Waals surface area contributed by atoms with Crippen LogP contribution in [0.5, 0.6) is 0 Å². The van der Waals surface area contributed by atoms with Crippen molar-refractivity contribution in [1.82, 2.24) is 0 Å². The fraction of sp³-hybridized carbons (Fsp3) is 0.565. The zero-order chi connectivity index (χ0) is 19.9. The second-order valence-electron chi connectivity index (χ2n) is 8.44. The fourth-order valence-electron chi connectivity index (χ4n) is 5.14. The first-order valence-corrected chi connectivity index (χ1v) is 9.98. The third-order valence-corrected chi connectivity index (χ3v) is 6.71. The number of Topliss-reactive ketones (excluding diaryl/α,β-unsaturated/α-hetero) is 1. The molecule has 0 saturated heterocycles. The highest BCUT2D eigenvalue weighted by Gasteiger charge is 2.46. The molecule has 0 unspecified atom stereocenters. The predicted octanol–water partition coefficient (Wildman–Crippen LogP) is 4.98. The molecule has 0 aromatic heterocycles. The molecule has 3 rings (SSSR count). The maximum atomic E-state index is 12.9. The molecule has 27 heavy (non-hydrogen) atoms. The van der Waals surface area contributed by atoms with Crippen molar-refractivity contribution in [2.75, 3.05) is 6.61 Å². The Morgan fingerprint density at radius 2 is 2.00 bits per heavy atom. The normalized spacial score (nSPS) is 31.9. The lowest BCUT2D eigenvalue weighted by molar-refractivity contribution is -0.120. The van der Waals surface area contributed by atoms with Gasteiger partial charge in [0.1, 0.15) is 0 Å². The minimum absolute atomic E-state index is 0.0398. The Bertz CT molecular complexity index is 795. The van der Waals surface area contributed by atoms with Crippen molar-refractivity contribution in [3.8, 4) is 0 Å². The number of ketones is 2. The van der Waals surface area contributed by atoms with E-state index in [1.165, 1.54) is 16.7 Å². The summed E-state index contributed by atoms with van der Waals surface area (Å²) in [7, 11) is 0. The Hall–Kier alpha value is -2.10. The van der Waals surface area contributed by atoms with Gasteiger partial charge in [-0.25, -0.2) is 0 Å². The molecule has 0 heterocycles. The maximum Gasteiger partial charge on any atom is 0.227 e. The summed E-state index contributed by atoms with van der Waals surface area (Å²) in [5.41, 5.74) is 3.84. The SMILES string of the molecule is C=C1CCCC2=C1[C@H](C)C[C@@H](C)[C@]2(C)CC1=C(O)C(=O)C=C(OCC)C1=O. The van der Waals surface area contributed by atoms with E-state index in [0.717, 1.165) is 31.8 Å². The van der Waals surface area contributed by atoms with E-state index >= 15 is 0 Å². The summed E-state index contributed by atoms with van der Waals surface area (Å²) in [6.45, 7) is 13.0. The summed E-state index contributed by atoms with van der Waals surface area (Å²) in [5.74, 6) is -0.499. The van der Waals surface area contributed by atoms with Crippen LogP contribution >= 0.6 is 0 Å². The molecule has 0 aliphatic heterocycles. The molecular weight excluding hydrogens is 340 g/mol. The summed E-state index contributed by atoms with van der Waals surface area (Å²) >= 11 is 0. The van der Waals surface area contributed by atoms with Crippen molar-refractivity contribution in [1.29, 1.82) is 0 Å². The molecular formula is C23H30O4. The van der Waals surface area contributed by atoms with Crippen molar-refractivity contribution in [2.24, 2.45) is 17.3 Å². The average molecular weight is 370 g/mol. The lowest BCUT2D eigenvalue weighted by atomic mass is 9.56. The summed E-state index contributed by atoms with van der Waals surface area (Å²) in [5, 5.41) is 10.4. The van der Waals surface area contributed by atoms with Crippen molar-refractivity contribution in [3.05, 3.63) is 46.5 Å². The van der Waals surface area contributed by atoms with Gasteiger partial charge in [-0.2, -0.15) is 0 Å². The number of ether oxygens (including phenoxy) is 1. The summed E-state index contributed by atoms with van der Waals surface area (Å²) in [6.07, 6.45) is 5.55. The Morgan fingerprint density at radius 1 is 1.30 bits per heavy atom. The Labute approximate surface area is 161 Å². The van der Waals surface area contributed by atoms with Gasteiger partial charge < -0.3 is 9.84 Å².